The number of carbonyl (C=O) groups excluding carboxylic acids is 1. The Morgan fingerprint density at radius 1 is 1.12 bits per heavy atom. The highest BCUT2D eigenvalue weighted by Crippen LogP contribution is 2.27. The number of fused-ring (bicyclic) bond motifs is 1. The zero-order valence-corrected chi connectivity index (χ0v) is 13.8. The van der Waals surface area contributed by atoms with Crippen molar-refractivity contribution in [2.45, 2.75) is 31.7 Å². The predicted octanol–water partition coefficient (Wildman–Crippen LogP) is 2.13. The van der Waals surface area contributed by atoms with Gasteiger partial charge in [0.05, 0.1) is 5.56 Å². The largest absolute Gasteiger partial charge is 0.339 e. The zero-order chi connectivity index (χ0) is 16.5. The summed E-state index contributed by atoms with van der Waals surface area (Å²) in [6, 6.07) is 9.57. The summed E-state index contributed by atoms with van der Waals surface area (Å²) < 4.78 is 0. The molecule has 3 heterocycles. The maximum atomic E-state index is 13.0. The van der Waals surface area contributed by atoms with Crippen LogP contribution in [-0.4, -0.2) is 41.5 Å². The molecule has 0 bridgehead atoms. The summed E-state index contributed by atoms with van der Waals surface area (Å²) in [5.74, 6) is 0.655. The van der Waals surface area contributed by atoms with Crippen molar-refractivity contribution in [2.24, 2.45) is 5.92 Å². The number of aromatic nitrogens is 1. The molecule has 5 heteroatoms. The fraction of sp³-hybridized carbons (Fsp3) is 0.474. The number of carbonyl (C=O) groups is 1. The molecule has 2 aromatic rings. The Bertz CT molecular complexity index is 800. The minimum atomic E-state index is -0.220. The van der Waals surface area contributed by atoms with E-state index < -0.39 is 0 Å². The highest BCUT2D eigenvalue weighted by Gasteiger charge is 2.30. The summed E-state index contributed by atoms with van der Waals surface area (Å²) in [6.45, 7) is 2.69. The molecule has 1 atom stereocenters. The summed E-state index contributed by atoms with van der Waals surface area (Å²) in [5.41, 5.74) is 1.02. The maximum Gasteiger partial charge on any atom is 0.254 e. The average Bonchev–Trinajstić information content (AvgIpc) is 3.15. The van der Waals surface area contributed by atoms with Crippen molar-refractivity contribution < 1.29 is 4.79 Å². The van der Waals surface area contributed by atoms with Crippen LogP contribution in [0.15, 0.2) is 35.1 Å². The Kier molecular flexibility index (Phi) is 4.10. The monoisotopic (exact) mass is 325 g/mol. The minimum Gasteiger partial charge on any atom is -0.339 e. The second-order valence-corrected chi connectivity index (χ2v) is 6.93. The lowest BCUT2D eigenvalue weighted by Gasteiger charge is -2.35. The van der Waals surface area contributed by atoms with Crippen LogP contribution in [0.5, 0.6) is 0 Å². The topological polar surface area (TPSA) is 65.2 Å². The number of hydrogen-bond donors (Lipinski definition) is 2. The van der Waals surface area contributed by atoms with Gasteiger partial charge in [0, 0.05) is 36.1 Å². The highest BCUT2D eigenvalue weighted by molar-refractivity contribution is 6.05. The standard InChI is InChI=1S/C19H23N3O2/c23-18-12-15(14-4-1-2-5-17(14)21-18)19(24)22-10-7-13(8-11-22)16-6-3-9-20-16/h1-2,4-5,12-13,16,20H,3,6-11H2,(H,21,23). The van der Waals surface area contributed by atoms with E-state index in [9.17, 15) is 9.59 Å². The van der Waals surface area contributed by atoms with Crippen molar-refractivity contribution in [3.8, 4) is 0 Å². The number of H-pyrrole nitrogens is 1. The first kappa shape index (κ1) is 15.4. The van der Waals surface area contributed by atoms with E-state index in [1.54, 1.807) is 0 Å². The zero-order valence-electron chi connectivity index (χ0n) is 13.8. The molecule has 0 saturated carbocycles. The molecular weight excluding hydrogens is 302 g/mol. The Morgan fingerprint density at radius 2 is 1.92 bits per heavy atom. The van der Waals surface area contributed by atoms with Gasteiger partial charge in [-0.3, -0.25) is 9.59 Å². The molecule has 1 aromatic heterocycles. The summed E-state index contributed by atoms with van der Waals surface area (Å²) in [6.07, 6.45) is 4.62. The van der Waals surface area contributed by atoms with Crippen LogP contribution in [0.2, 0.25) is 0 Å². The van der Waals surface area contributed by atoms with E-state index in [1.165, 1.54) is 18.9 Å². The molecule has 2 saturated heterocycles. The number of nitrogens with one attached hydrogen (secondary N) is 2. The molecule has 2 fully saturated rings. The van der Waals surface area contributed by atoms with Crippen molar-refractivity contribution in [1.82, 2.24) is 15.2 Å². The van der Waals surface area contributed by atoms with Gasteiger partial charge in [-0.25, -0.2) is 0 Å². The van der Waals surface area contributed by atoms with E-state index in [0.717, 1.165) is 43.4 Å². The van der Waals surface area contributed by atoms with Gasteiger partial charge in [0.15, 0.2) is 0 Å². The summed E-state index contributed by atoms with van der Waals surface area (Å²) >= 11 is 0. The highest BCUT2D eigenvalue weighted by atomic mass is 16.2. The number of rotatable bonds is 2. The van der Waals surface area contributed by atoms with Gasteiger partial charge >= 0.3 is 0 Å². The number of aromatic amines is 1. The van der Waals surface area contributed by atoms with E-state index in [4.69, 9.17) is 0 Å². The second kappa shape index (κ2) is 6.40. The number of piperidine rings is 1. The quantitative estimate of drug-likeness (QED) is 0.889. The van der Waals surface area contributed by atoms with Gasteiger partial charge < -0.3 is 15.2 Å². The molecule has 1 aromatic carbocycles. The first-order valence-electron chi connectivity index (χ1n) is 8.87. The van der Waals surface area contributed by atoms with E-state index in [-0.39, 0.29) is 11.5 Å². The number of pyridine rings is 1. The Morgan fingerprint density at radius 3 is 2.67 bits per heavy atom. The summed E-state index contributed by atoms with van der Waals surface area (Å²) in [5, 5.41) is 4.41. The fourth-order valence-electron chi connectivity index (χ4n) is 4.17. The summed E-state index contributed by atoms with van der Waals surface area (Å²) in [7, 11) is 0. The Labute approximate surface area is 141 Å². The number of benzene rings is 1. The molecule has 5 nitrogen and oxygen atoms in total. The third kappa shape index (κ3) is 2.84. The van der Waals surface area contributed by atoms with Gasteiger partial charge in [-0.15, -0.1) is 0 Å². The van der Waals surface area contributed by atoms with Crippen molar-refractivity contribution in [3.05, 3.63) is 46.2 Å². The van der Waals surface area contributed by atoms with Crippen LogP contribution in [0.3, 0.4) is 0 Å². The van der Waals surface area contributed by atoms with Crippen LogP contribution in [0.25, 0.3) is 10.9 Å². The van der Waals surface area contributed by atoms with Gasteiger partial charge in [0.2, 0.25) is 5.56 Å². The lowest BCUT2D eigenvalue weighted by molar-refractivity contribution is 0.0676. The molecule has 1 unspecified atom stereocenters. The van der Waals surface area contributed by atoms with Crippen LogP contribution < -0.4 is 10.9 Å². The molecule has 2 aliphatic heterocycles. The molecule has 2 aliphatic rings. The summed E-state index contributed by atoms with van der Waals surface area (Å²) in [4.78, 5) is 29.5. The van der Waals surface area contributed by atoms with Crippen LogP contribution in [0, 0.1) is 5.92 Å². The third-order valence-electron chi connectivity index (χ3n) is 5.48. The number of likely N-dealkylation sites (tertiary alicyclic amines) is 1. The Balaban J connectivity index is 1.54. The van der Waals surface area contributed by atoms with Crippen LogP contribution >= 0.6 is 0 Å². The minimum absolute atomic E-state index is 0.0184. The molecule has 126 valence electrons. The van der Waals surface area contributed by atoms with Gasteiger partial charge in [-0.05, 0) is 44.2 Å². The molecule has 0 spiro atoms. The van der Waals surface area contributed by atoms with Gasteiger partial charge in [0.25, 0.3) is 5.91 Å². The van der Waals surface area contributed by atoms with Crippen molar-refractivity contribution >= 4 is 16.8 Å². The number of nitrogens with zero attached hydrogens (tertiary/aromatic N) is 1. The predicted molar refractivity (Wildman–Crippen MR) is 94.2 cm³/mol. The van der Waals surface area contributed by atoms with Gasteiger partial charge in [0.1, 0.15) is 0 Å². The lowest BCUT2D eigenvalue weighted by atomic mass is 9.88. The van der Waals surface area contributed by atoms with Crippen LogP contribution in [-0.2, 0) is 0 Å². The average molecular weight is 325 g/mol. The molecule has 1 amide bonds. The molecule has 0 radical (unpaired) electrons. The van der Waals surface area contributed by atoms with Gasteiger partial charge in [-0.1, -0.05) is 18.2 Å². The lowest BCUT2D eigenvalue weighted by Crippen LogP contribution is -2.43. The van der Waals surface area contributed by atoms with Crippen molar-refractivity contribution in [1.29, 1.82) is 0 Å². The molecule has 4 rings (SSSR count). The van der Waals surface area contributed by atoms with Crippen molar-refractivity contribution in [3.63, 3.8) is 0 Å². The van der Waals surface area contributed by atoms with E-state index in [0.29, 0.717) is 17.5 Å². The third-order valence-corrected chi connectivity index (χ3v) is 5.48. The SMILES string of the molecule is O=C(c1cc(=O)[nH]c2ccccc12)N1CCC(C2CCCN2)CC1. The molecular formula is C19H23N3O2. The van der Waals surface area contributed by atoms with Crippen LogP contribution in [0.1, 0.15) is 36.0 Å². The smallest absolute Gasteiger partial charge is 0.254 e. The number of hydrogen-bond acceptors (Lipinski definition) is 3. The van der Waals surface area contributed by atoms with E-state index >= 15 is 0 Å². The first-order valence-corrected chi connectivity index (χ1v) is 8.87. The van der Waals surface area contributed by atoms with Crippen LogP contribution in [0.4, 0.5) is 0 Å². The maximum absolute atomic E-state index is 13.0. The normalized spacial score (nSPS) is 22.2. The second-order valence-electron chi connectivity index (χ2n) is 6.93. The first-order chi connectivity index (χ1) is 11.7. The fourth-order valence-corrected chi connectivity index (χ4v) is 4.17. The number of para-hydroxylation sites is 1. The van der Waals surface area contributed by atoms with Crippen molar-refractivity contribution in [2.75, 3.05) is 19.6 Å². The molecule has 0 aliphatic carbocycles. The number of amides is 1. The molecule has 2 N–H and O–H groups in total. The van der Waals surface area contributed by atoms with Gasteiger partial charge in [-0.2, -0.15) is 0 Å². The molecule has 24 heavy (non-hydrogen) atoms. The Hall–Kier alpha value is -2.14. The van der Waals surface area contributed by atoms with E-state index in [2.05, 4.69) is 10.3 Å². The van der Waals surface area contributed by atoms with E-state index in [1.807, 2.05) is 29.2 Å².